The zero-order chi connectivity index (χ0) is 24.1. The molecular weight excluding hydrogens is 440 g/mol. The van der Waals surface area contributed by atoms with Gasteiger partial charge in [0.05, 0.1) is 38.1 Å². The summed E-state index contributed by atoms with van der Waals surface area (Å²) in [6, 6.07) is 0.801. The highest BCUT2D eigenvalue weighted by Gasteiger charge is 2.35. The van der Waals surface area contributed by atoms with Crippen LogP contribution in [0.2, 0.25) is 32.2 Å². The van der Waals surface area contributed by atoms with Gasteiger partial charge in [0, 0.05) is 39.8 Å². The Hall–Kier alpha value is 0.0338. The molecule has 0 aromatic heterocycles. The summed E-state index contributed by atoms with van der Waals surface area (Å²) >= 11 is 0. The highest BCUT2D eigenvalue weighted by atomic mass is 28.4. The lowest BCUT2D eigenvalue weighted by Gasteiger charge is -2.34. The van der Waals surface area contributed by atoms with Gasteiger partial charge in [-0.1, -0.05) is 0 Å². The zero-order valence-corrected chi connectivity index (χ0v) is 21.9. The lowest BCUT2D eigenvalue weighted by molar-refractivity contribution is 0.0155. The van der Waals surface area contributed by atoms with E-state index in [2.05, 4.69) is 26.2 Å². The van der Waals surface area contributed by atoms with Gasteiger partial charge in [0.15, 0.2) is 8.32 Å². The second-order valence-electron chi connectivity index (χ2n) is 9.23. The van der Waals surface area contributed by atoms with Gasteiger partial charge in [-0.05, 0) is 45.2 Å². The van der Waals surface area contributed by atoms with Gasteiger partial charge in [-0.25, -0.2) is 0 Å². The van der Waals surface area contributed by atoms with E-state index in [0.29, 0.717) is 19.6 Å². The van der Waals surface area contributed by atoms with Crippen molar-refractivity contribution in [3.8, 4) is 0 Å². The minimum absolute atomic E-state index is 0.155. The maximum Gasteiger partial charge on any atom is 0.324 e. The molecule has 4 atom stereocenters. The highest BCUT2D eigenvalue weighted by Crippen LogP contribution is 2.21. The van der Waals surface area contributed by atoms with Gasteiger partial charge in [0.1, 0.15) is 0 Å². The summed E-state index contributed by atoms with van der Waals surface area (Å²) in [4.78, 5) is 3.78. The number of hydrogen-bond donors (Lipinski definition) is 6. The van der Waals surface area contributed by atoms with E-state index >= 15 is 0 Å². The quantitative estimate of drug-likeness (QED) is 0.121. The van der Waals surface area contributed by atoms with Crippen molar-refractivity contribution >= 4 is 16.9 Å². The van der Waals surface area contributed by atoms with Crippen molar-refractivity contribution in [3.05, 3.63) is 0 Å². The number of nitrogens with zero attached hydrogens (tertiary/aromatic N) is 2. The molecule has 4 unspecified atom stereocenters. The molecule has 0 spiro atoms. The molecule has 12 heteroatoms. The molecule has 31 heavy (non-hydrogen) atoms. The predicted molar refractivity (Wildman–Crippen MR) is 125 cm³/mol. The van der Waals surface area contributed by atoms with Gasteiger partial charge in [0.2, 0.25) is 0 Å². The first-order valence-corrected chi connectivity index (χ1v) is 16.9. The molecular formula is C19H46N2O8Si2. The first-order chi connectivity index (χ1) is 14.4. The summed E-state index contributed by atoms with van der Waals surface area (Å²) in [7, 11) is -2.33. The van der Waals surface area contributed by atoms with Gasteiger partial charge in [0.25, 0.3) is 0 Å². The maximum absolute atomic E-state index is 9.93. The van der Waals surface area contributed by atoms with Crippen LogP contribution in [0.25, 0.3) is 0 Å². The van der Waals surface area contributed by atoms with Crippen molar-refractivity contribution in [2.75, 3.05) is 66.2 Å². The molecule has 0 aromatic carbocycles. The Labute approximate surface area is 189 Å². The van der Waals surface area contributed by atoms with Gasteiger partial charge in [-0.3, -0.25) is 9.80 Å². The minimum atomic E-state index is -2.28. The van der Waals surface area contributed by atoms with E-state index in [4.69, 9.17) is 18.8 Å². The van der Waals surface area contributed by atoms with Crippen LogP contribution in [0.15, 0.2) is 0 Å². The van der Waals surface area contributed by atoms with E-state index in [0.717, 1.165) is 12.5 Å². The van der Waals surface area contributed by atoms with E-state index in [1.165, 1.54) is 0 Å². The van der Waals surface area contributed by atoms with Crippen molar-refractivity contribution in [2.45, 2.75) is 57.0 Å². The Bertz CT molecular complexity index is 449. The molecule has 0 bridgehead atoms. The van der Waals surface area contributed by atoms with Crippen LogP contribution in [0.5, 0.6) is 0 Å². The molecule has 0 rings (SSSR count). The van der Waals surface area contributed by atoms with Crippen LogP contribution in [0.4, 0.5) is 0 Å². The van der Waals surface area contributed by atoms with E-state index in [9.17, 15) is 20.4 Å². The SMILES string of the molecule is CO[Si](C)(CCCN(CCN(CC(O)CO)CC(O)CO)CC(O)CO)O[Si](C)(C)C. The van der Waals surface area contributed by atoms with Crippen LogP contribution in [-0.2, 0) is 8.54 Å². The first kappa shape index (κ1) is 31.0. The van der Waals surface area contributed by atoms with E-state index in [-0.39, 0.29) is 26.2 Å². The monoisotopic (exact) mass is 486 g/mol. The summed E-state index contributed by atoms with van der Waals surface area (Å²) in [6.07, 6.45) is -1.97. The highest BCUT2D eigenvalue weighted by molar-refractivity contribution is 6.81. The summed E-state index contributed by atoms with van der Waals surface area (Å²) < 4.78 is 12.0. The van der Waals surface area contributed by atoms with E-state index < -0.39 is 48.4 Å². The predicted octanol–water partition coefficient (Wildman–Crippen LogP) is -1.39. The standard InChI is InChI=1S/C19H46N2O8Si2/c1-28-31(5,29-30(2,3)4)10-6-7-20(11-17(25)14-22)8-9-21(12-18(26)15-23)13-19(27)16-24/h17-19,22-27H,6-16H2,1-5H3. The van der Waals surface area contributed by atoms with E-state index in [1.807, 2.05) is 4.90 Å². The van der Waals surface area contributed by atoms with Crippen LogP contribution in [-0.4, -0.2) is 142 Å². The smallest absolute Gasteiger partial charge is 0.324 e. The fourth-order valence-corrected chi connectivity index (χ4v) is 10.3. The number of aliphatic hydroxyl groups is 6. The molecule has 10 nitrogen and oxygen atoms in total. The zero-order valence-electron chi connectivity index (χ0n) is 19.9. The van der Waals surface area contributed by atoms with Gasteiger partial charge in [-0.2, -0.15) is 0 Å². The molecule has 0 radical (unpaired) electrons. The summed E-state index contributed by atoms with van der Waals surface area (Å²) in [5, 5.41) is 57.0. The van der Waals surface area contributed by atoms with Crippen molar-refractivity contribution in [1.82, 2.24) is 9.80 Å². The average Bonchev–Trinajstić information content (AvgIpc) is 2.69. The fraction of sp³-hybridized carbons (Fsp3) is 1.00. The topological polar surface area (TPSA) is 146 Å². The molecule has 188 valence electrons. The number of aliphatic hydroxyl groups excluding tert-OH is 6. The normalized spacial score (nSPS) is 17.7. The second kappa shape index (κ2) is 15.8. The summed E-state index contributed by atoms with van der Waals surface area (Å²) in [5.74, 6) is 0. The summed E-state index contributed by atoms with van der Waals surface area (Å²) in [6.45, 7) is 9.59. The van der Waals surface area contributed by atoms with Crippen molar-refractivity contribution in [1.29, 1.82) is 0 Å². The molecule has 0 aliphatic rings. The Morgan fingerprint density at radius 3 is 1.52 bits per heavy atom. The lowest BCUT2D eigenvalue weighted by Crippen LogP contribution is -2.48. The minimum Gasteiger partial charge on any atom is -0.436 e. The number of hydrogen-bond acceptors (Lipinski definition) is 10. The van der Waals surface area contributed by atoms with Crippen molar-refractivity contribution < 1.29 is 39.2 Å². The molecule has 0 aliphatic heterocycles. The van der Waals surface area contributed by atoms with Crippen LogP contribution in [0, 0.1) is 0 Å². The third-order valence-corrected chi connectivity index (χ3v) is 11.1. The molecule has 0 fully saturated rings. The van der Waals surface area contributed by atoms with Crippen LogP contribution in [0.1, 0.15) is 6.42 Å². The van der Waals surface area contributed by atoms with Crippen LogP contribution in [0.3, 0.4) is 0 Å². The van der Waals surface area contributed by atoms with E-state index in [1.54, 1.807) is 12.0 Å². The molecule has 0 saturated heterocycles. The third kappa shape index (κ3) is 15.5. The molecule has 0 saturated carbocycles. The molecule has 6 N–H and O–H groups in total. The number of rotatable bonds is 19. The molecule has 0 amide bonds. The van der Waals surface area contributed by atoms with Crippen LogP contribution < -0.4 is 0 Å². The Balaban J connectivity index is 4.95. The first-order valence-electron chi connectivity index (χ1n) is 10.9. The fourth-order valence-electron chi connectivity index (χ4n) is 3.37. The van der Waals surface area contributed by atoms with Gasteiger partial charge < -0.3 is 39.2 Å². The van der Waals surface area contributed by atoms with Crippen molar-refractivity contribution in [2.24, 2.45) is 0 Å². The van der Waals surface area contributed by atoms with Crippen LogP contribution >= 0.6 is 0 Å². The molecule has 0 aliphatic carbocycles. The molecule has 0 aromatic rings. The van der Waals surface area contributed by atoms with Gasteiger partial charge in [-0.15, -0.1) is 0 Å². The lowest BCUT2D eigenvalue weighted by atomic mass is 10.2. The largest absolute Gasteiger partial charge is 0.436 e. The third-order valence-electron chi connectivity index (χ3n) is 4.83. The van der Waals surface area contributed by atoms with Gasteiger partial charge >= 0.3 is 8.56 Å². The Morgan fingerprint density at radius 2 is 1.13 bits per heavy atom. The maximum atomic E-state index is 9.93. The Morgan fingerprint density at radius 1 is 0.710 bits per heavy atom. The second-order valence-corrected chi connectivity index (χ2v) is 17.4. The van der Waals surface area contributed by atoms with Crippen molar-refractivity contribution in [3.63, 3.8) is 0 Å². The summed E-state index contributed by atoms with van der Waals surface area (Å²) in [5.41, 5.74) is 0. The Kier molecular flexibility index (Phi) is 15.8. The average molecular weight is 487 g/mol. The molecule has 0 heterocycles.